The first-order valence-electron chi connectivity index (χ1n) is 30.7. The minimum absolute atomic E-state index is 0.0964. The maximum Gasteiger partial charge on any atom is 0.308 e. The molecule has 0 unspecified atom stereocenters. The van der Waals surface area contributed by atoms with E-state index in [9.17, 15) is 35.5 Å². The fraction of sp³-hybridized carbons (Fsp3) is 0.368. The number of nitrogens with two attached hydrogens (primary N) is 1. The maximum atomic E-state index is 11.2. The van der Waals surface area contributed by atoms with Crippen molar-refractivity contribution in [3.05, 3.63) is 183 Å². The smallest absolute Gasteiger partial charge is 0.308 e. The Morgan fingerprint density at radius 3 is 1.68 bits per heavy atom. The molecule has 8 heterocycles. The molecular weight excluding hydrogens is 1320 g/mol. The Kier molecular flexibility index (Phi) is 25.7. The van der Waals surface area contributed by atoms with Crippen molar-refractivity contribution < 1.29 is 34.6 Å². The Morgan fingerprint density at radius 2 is 1.14 bits per heavy atom. The number of halogens is 1. The van der Waals surface area contributed by atoms with E-state index in [0.717, 1.165) is 112 Å². The number of methoxy groups -OCH3 is 2. The SMILES string of the molecule is COc1ccc(CSc2cc(C)nc(C)c2N)cc1.COc1ccc(CSc2cc(C)nc(C)c2[N+](=O)[O-])cc1.Cc1cc(Cl)c([N+](=O)[O-])c(C)n1.Cc1cc2sc(-c3c(C)nc(NCC4CC4)nc3N[C@@H]3C[C@H](CO)[C@@H](O)[C@H]3O)nc2c(C)n1.Cc1cc2scnc2c(C)n1. The van der Waals surface area contributed by atoms with E-state index < -0.39 is 23.2 Å². The van der Waals surface area contributed by atoms with E-state index in [-0.39, 0.29) is 33.8 Å². The summed E-state index contributed by atoms with van der Waals surface area (Å²) in [5, 5.41) is 59.7. The maximum absolute atomic E-state index is 11.2. The van der Waals surface area contributed by atoms with Crippen molar-refractivity contribution in [2.45, 2.75) is 135 Å². The molecule has 0 radical (unpaired) electrons. The van der Waals surface area contributed by atoms with Crippen molar-refractivity contribution >= 4 is 107 Å². The van der Waals surface area contributed by atoms with Crippen molar-refractivity contribution in [3.8, 4) is 22.1 Å². The molecule has 2 aliphatic carbocycles. The van der Waals surface area contributed by atoms with Crippen LogP contribution in [0.25, 0.3) is 31.0 Å². The molecule has 2 fully saturated rings. The summed E-state index contributed by atoms with van der Waals surface area (Å²) in [7, 11) is 3.29. The molecule has 0 amide bonds. The predicted octanol–water partition coefficient (Wildman–Crippen LogP) is 14.5. The Hall–Kier alpha value is -8.28. The van der Waals surface area contributed by atoms with Gasteiger partial charge in [0.05, 0.1) is 90.0 Å². The fourth-order valence-corrected chi connectivity index (χ4v) is 15.1. The minimum atomic E-state index is -1.00. The molecule has 2 aromatic carbocycles. The number of fused-ring (bicyclic) bond motifs is 2. The number of aliphatic hydroxyl groups is 3. The standard InChI is InChI=1S/C23H30N6O3S.C15H16N2O3S.C15H18N2OS.C8H8N2S.C7H7ClN2O2/c1-10-6-16-18(12(3)25-10)28-22(33-16)17-11(2)26-23(24-8-13-4-5-13)29-21(17)27-15-7-14(9-30)19(31)20(15)32;1-10-8-14(15(17(18)19)11(2)16-10)21-9-12-4-6-13(20-3)7-5-12;1-10-8-14(15(16)11(2)17-10)19-9-12-4-6-13(18-3)7-5-12;1-5-3-7-8(6(2)10-5)9-4-11-7;1-4-3-6(8)7(10(11)12)5(2)9-4/h6,13-15,19-20,30-32H,4-5,7-9H2,1-3H3,(H2,24,26,27,29);4-8H,9H2,1-3H3;4-8H,9,16H2,1-3H3;3-4H,1-2H3;3H,1-2H3/t14-,15-,19-,20+;;;;/m1..../s1. The number of nitro groups is 2. The van der Waals surface area contributed by atoms with E-state index in [4.69, 9.17) is 41.8 Å². The zero-order valence-corrected chi connectivity index (χ0v) is 59.7. The molecule has 0 saturated heterocycles. The number of pyridine rings is 5. The molecule has 0 aliphatic heterocycles. The van der Waals surface area contributed by atoms with Crippen molar-refractivity contribution in [3.63, 3.8) is 0 Å². The van der Waals surface area contributed by atoms with Crippen LogP contribution in [-0.4, -0.2) is 116 Å². The highest BCUT2D eigenvalue weighted by molar-refractivity contribution is 7.99. The number of aryl methyl sites for hydroxylation is 11. The third-order valence-corrected chi connectivity index (χ3v) is 19.8. The number of nitrogens with zero attached hydrogens (tertiary/aromatic N) is 11. The summed E-state index contributed by atoms with van der Waals surface area (Å²) in [6.45, 7) is 21.3. The van der Waals surface area contributed by atoms with Gasteiger partial charge in [-0.1, -0.05) is 35.9 Å². The summed E-state index contributed by atoms with van der Waals surface area (Å²) < 4.78 is 12.5. The number of rotatable bonds is 17. The Bertz CT molecular complexity index is 4350. The highest BCUT2D eigenvalue weighted by Gasteiger charge is 2.42. The normalized spacial score (nSPS) is 15.4. The summed E-state index contributed by atoms with van der Waals surface area (Å²) in [6, 6.07) is 24.7. The largest absolute Gasteiger partial charge is 0.497 e. The highest BCUT2D eigenvalue weighted by atomic mass is 35.5. The second-order valence-electron chi connectivity index (χ2n) is 23.3. The van der Waals surface area contributed by atoms with E-state index in [1.165, 1.54) is 40.9 Å². The fourth-order valence-electron chi connectivity index (χ4n) is 10.5. The van der Waals surface area contributed by atoms with Crippen LogP contribution in [0.4, 0.5) is 28.8 Å². The minimum Gasteiger partial charge on any atom is -0.497 e. The Labute approximate surface area is 578 Å². The van der Waals surface area contributed by atoms with Gasteiger partial charge in [-0.3, -0.25) is 45.1 Å². The molecule has 23 nitrogen and oxygen atoms in total. The van der Waals surface area contributed by atoms with Crippen LogP contribution in [0.5, 0.6) is 11.5 Å². The number of nitrogen functional groups attached to an aromatic ring is 1. The number of thioether (sulfide) groups is 2. The molecule has 0 spiro atoms. The molecule has 10 aromatic rings. The van der Waals surface area contributed by atoms with Crippen LogP contribution < -0.4 is 25.8 Å². The Morgan fingerprint density at radius 1 is 0.625 bits per heavy atom. The van der Waals surface area contributed by atoms with Crippen molar-refractivity contribution in [2.24, 2.45) is 11.8 Å². The summed E-state index contributed by atoms with van der Waals surface area (Å²) >= 11 is 12.1. The first kappa shape index (κ1) is 73.5. The van der Waals surface area contributed by atoms with Gasteiger partial charge in [0.25, 0.3) is 0 Å². The van der Waals surface area contributed by atoms with Gasteiger partial charge in [-0.2, -0.15) is 4.98 Å². The summed E-state index contributed by atoms with van der Waals surface area (Å²) in [5.74, 6) is 4.61. The first-order chi connectivity index (χ1) is 45.7. The van der Waals surface area contributed by atoms with Crippen molar-refractivity contribution in [1.82, 2.24) is 44.9 Å². The number of anilines is 3. The molecule has 12 rings (SSSR count). The molecule has 2 aliphatic rings. The van der Waals surface area contributed by atoms with Gasteiger partial charge in [0, 0.05) is 63.9 Å². The van der Waals surface area contributed by atoms with E-state index in [0.29, 0.717) is 51.8 Å². The number of hydrogen-bond acceptors (Lipinski definition) is 25. The van der Waals surface area contributed by atoms with Gasteiger partial charge >= 0.3 is 11.4 Å². The molecule has 7 N–H and O–H groups in total. The molecule has 4 atom stereocenters. The zero-order chi connectivity index (χ0) is 69.7. The van der Waals surface area contributed by atoms with Gasteiger partial charge < -0.3 is 41.2 Å². The van der Waals surface area contributed by atoms with Gasteiger partial charge in [-0.15, -0.1) is 46.2 Å². The lowest BCUT2D eigenvalue weighted by molar-refractivity contribution is -0.388. The van der Waals surface area contributed by atoms with Crippen LogP contribution in [0.15, 0.2) is 94.2 Å². The average molecular weight is 1400 g/mol. The van der Waals surface area contributed by atoms with Crippen LogP contribution in [0.1, 0.15) is 93.0 Å². The van der Waals surface area contributed by atoms with Gasteiger partial charge in [0.2, 0.25) is 5.95 Å². The van der Waals surface area contributed by atoms with Gasteiger partial charge in [-0.25, -0.2) is 15.0 Å². The molecule has 28 heteroatoms. The monoisotopic (exact) mass is 1400 g/mol. The van der Waals surface area contributed by atoms with Crippen molar-refractivity contribution in [2.75, 3.05) is 43.7 Å². The molecule has 2 saturated carbocycles. The van der Waals surface area contributed by atoms with Crippen molar-refractivity contribution in [1.29, 1.82) is 0 Å². The second kappa shape index (κ2) is 33.6. The van der Waals surface area contributed by atoms with Crippen LogP contribution in [-0.2, 0) is 11.5 Å². The topological polar surface area (TPSA) is 332 Å². The quantitative estimate of drug-likeness (QED) is 0.0280. The van der Waals surface area contributed by atoms with Gasteiger partial charge in [0.1, 0.15) is 55.9 Å². The van der Waals surface area contributed by atoms with E-state index in [1.54, 1.807) is 75.5 Å². The molecule has 0 bridgehead atoms. The van der Waals surface area contributed by atoms with E-state index in [2.05, 4.69) is 58.7 Å². The summed E-state index contributed by atoms with van der Waals surface area (Å²) in [4.78, 5) is 62.3. The third-order valence-electron chi connectivity index (χ3n) is 15.5. The number of nitrogens with one attached hydrogen (secondary N) is 2. The summed E-state index contributed by atoms with van der Waals surface area (Å²) in [5.41, 5.74) is 22.6. The van der Waals surface area contributed by atoms with E-state index >= 15 is 0 Å². The van der Waals surface area contributed by atoms with E-state index in [1.807, 2.05) is 109 Å². The molecule has 8 aromatic heterocycles. The number of hydrogen-bond donors (Lipinski definition) is 6. The predicted molar refractivity (Wildman–Crippen MR) is 384 cm³/mol. The van der Waals surface area contributed by atoms with Crippen LogP contribution >= 0.6 is 57.8 Å². The number of ether oxygens (including phenoxy) is 2. The molecule has 506 valence electrons. The number of thiazole rings is 2. The summed E-state index contributed by atoms with van der Waals surface area (Å²) in [6.07, 6.45) is 0.905. The number of benzene rings is 2. The highest BCUT2D eigenvalue weighted by Crippen LogP contribution is 2.40. The van der Waals surface area contributed by atoms with Crippen LogP contribution in [0.2, 0.25) is 5.02 Å². The zero-order valence-electron chi connectivity index (χ0n) is 55.7. The van der Waals surface area contributed by atoms with Gasteiger partial charge in [-0.05, 0) is 167 Å². The Balaban J connectivity index is 0.000000163. The second-order valence-corrected chi connectivity index (χ2v) is 27.6. The lowest BCUT2D eigenvalue weighted by Gasteiger charge is -2.21. The molecular formula is C68H79ClN14O9S4. The third kappa shape index (κ3) is 19.5. The lowest BCUT2D eigenvalue weighted by Crippen LogP contribution is -2.35. The average Bonchev–Trinajstić information content (AvgIpc) is 1.57. The van der Waals surface area contributed by atoms with Crippen LogP contribution in [0.3, 0.4) is 0 Å². The molecule has 96 heavy (non-hydrogen) atoms. The number of aliphatic hydroxyl groups excluding tert-OH is 3. The number of aromatic nitrogens is 9. The van der Waals surface area contributed by atoms with Crippen LogP contribution in [0, 0.1) is 108 Å². The first-order valence-corrected chi connectivity index (χ1v) is 34.7. The van der Waals surface area contributed by atoms with Gasteiger partial charge in [0.15, 0.2) is 0 Å². The lowest BCUT2D eigenvalue weighted by atomic mass is 10.1.